The number of benzene rings is 1. The van der Waals surface area contributed by atoms with Crippen LogP contribution in [-0.2, 0) is 0 Å². The molecule has 1 aromatic heterocycles. The highest BCUT2D eigenvalue weighted by Crippen LogP contribution is 2.29. The molecule has 0 spiro atoms. The van der Waals surface area contributed by atoms with Gasteiger partial charge in [-0.3, -0.25) is 0 Å². The maximum absolute atomic E-state index is 13.2. The van der Waals surface area contributed by atoms with Gasteiger partial charge in [0.1, 0.15) is 11.6 Å². The quantitative estimate of drug-likeness (QED) is 0.919. The molecule has 0 aliphatic rings. The zero-order valence-corrected chi connectivity index (χ0v) is 11.7. The molecule has 0 saturated heterocycles. The van der Waals surface area contributed by atoms with Crippen LogP contribution in [0.4, 0.5) is 10.2 Å². The molecule has 2 aromatic rings. The van der Waals surface area contributed by atoms with Crippen molar-refractivity contribution in [1.29, 1.82) is 0 Å². The van der Waals surface area contributed by atoms with Crippen LogP contribution in [0.25, 0.3) is 11.4 Å². The van der Waals surface area contributed by atoms with Crippen LogP contribution in [0.3, 0.4) is 0 Å². The Bertz CT molecular complexity index is 584. The van der Waals surface area contributed by atoms with Crippen molar-refractivity contribution in [3.05, 3.63) is 40.2 Å². The lowest BCUT2D eigenvalue weighted by Gasteiger charge is -2.11. The van der Waals surface area contributed by atoms with Gasteiger partial charge in [0, 0.05) is 5.56 Å². The maximum Gasteiger partial charge on any atom is 0.161 e. The molecular weight excluding hydrogens is 297 g/mol. The van der Waals surface area contributed by atoms with E-state index in [1.165, 1.54) is 12.1 Å². The summed E-state index contributed by atoms with van der Waals surface area (Å²) in [6.45, 7) is 4.03. The third-order valence-corrected chi connectivity index (χ3v) is 3.34. The number of anilines is 1. The summed E-state index contributed by atoms with van der Waals surface area (Å²) < 4.78 is 13.9. The Labute approximate surface area is 113 Å². The van der Waals surface area contributed by atoms with E-state index in [9.17, 15) is 4.39 Å². The fraction of sp³-hybridized carbons (Fsp3) is 0.231. The molecule has 1 heterocycles. The Morgan fingerprint density at radius 1 is 1.28 bits per heavy atom. The normalized spacial score (nSPS) is 10.9. The number of hydrogen-bond acceptors (Lipinski definition) is 3. The number of hydrogen-bond donors (Lipinski definition) is 1. The maximum atomic E-state index is 13.2. The lowest BCUT2D eigenvalue weighted by Crippen LogP contribution is -2.04. The van der Waals surface area contributed by atoms with E-state index in [1.54, 1.807) is 12.1 Å². The summed E-state index contributed by atoms with van der Waals surface area (Å²) in [5, 5.41) is 0. The van der Waals surface area contributed by atoms with E-state index < -0.39 is 0 Å². The molecule has 0 aliphatic heterocycles. The molecule has 0 bridgehead atoms. The Kier molecular flexibility index (Phi) is 3.61. The van der Waals surface area contributed by atoms with E-state index in [1.807, 2.05) is 13.8 Å². The second kappa shape index (κ2) is 5.02. The first-order chi connectivity index (χ1) is 8.49. The minimum atomic E-state index is -0.316. The van der Waals surface area contributed by atoms with Crippen LogP contribution >= 0.6 is 15.9 Å². The van der Waals surface area contributed by atoms with Crippen LogP contribution in [0, 0.1) is 5.82 Å². The number of nitrogens with zero attached hydrogens (tertiary/aromatic N) is 2. The summed E-state index contributed by atoms with van der Waals surface area (Å²) >= 11 is 3.38. The lowest BCUT2D eigenvalue weighted by molar-refractivity contribution is 0.628. The number of halogens is 2. The largest absolute Gasteiger partial charge is 0.383 e. The molecule has 2 rings (SSSR count). The molecule has 1 aromatic carbocycles. The molecule has 0 radical (unpaired) electrons. The summed E-state index contributed by atoms with van der Waals surface area (Å²) in [6.07, 6.45) is 0. The van der Waals surface area contributed by atoms with E-state index in [0.717, 1.165) is 5.69 Å². The first-order valence-electron chi connectivity index (χ1n) is 5.58. The van der Waals surface area contributed by atoms with Gasteiger partial charge < -0.3 is 5.73 Å². The second-order valence-corrected chi connectivity index (χ2v) is 5.09. The average molecular weight is 310 g/mol. The zero-order valence-electron chi connectivity index (χ0n) is 10.1. The lowest BCUT2D eigenvalue weighted by atomic mass is 10.1. The number of rotatable bonds is 2. The summed E-state index contributed by atoms with van der Waals surface area (Å²) in [6, 6.07) is 6.17. The summed E-state index contributed by atoms with van der Waals surface area (Å²) in [4.78, 5) is 8.62. The van der Waals surface area contributed by atoms with Crippen LogP contribution < -0.4 is 5.73 Å². The van der Waals surface area contributed by atoms with Crippen molar-refractivity contribution in [2.45, 2.75) is 19.8 Å². The Morgan fingerprint density at radius 2 is 2.00 bits per heavy atom. The van der Waals surface area contributed by atoms with Gasteiger partial charge in [-0.25, -0.2) is 14.4 Å². The Balaban J connectivity index is 2.59. The van der Waals surface area contributed by atoms with Gasteiger partial charge in [-0.15, -0.1) is 0 Å². The van der Waals surface area contributed by atoms with Crippen molar-refractivity contribution in [1.82, 2.24) is 9.97 Å². The molecule has 0 saturated carbocycles. The third kappa shape index (κ3) is 2.51. The Morgan fingerprint density at radius 3 is 2.61 bits per heavy atom. The first-order valence-corrected chi connectivity index (χ1v) is 6.37. The zero-order chi connectivity index (χ0) is 13.3. The molecular formula is C13H13BrFN3. The van der Waals surface area contributed by atoms with E-state index in [2.05, 4.69) is 25.9 Å². The van der Waals surface area contributed by atoms with Crippen LogP contribution in [0.1, 0.15) is 25.5 Å². The van der Waals surface area contributed by atoms with Crippen LogP contribution in [0.5, 0.6) is 0 Å². The fourth-order valence-corrected chi connectivity index (χ4v) is 2.26. The van der Waals surface area contributed by atoms with Gasteiger partial charge in [0.25, 0.3) is 0 Å². The van der Waals surface area contributed by atoms with Crippen LogP contribution in [0.15, 0.2) is 28.7 Å². The van der Waals surface area contributed by atoms with Crippen molar-refractivity contribution < 1.29 is 4.39 Å². The van der Waals surface area contributed by atoms with Gasteiger partial charge in [-0.05, 0) is 34.0 Å². The Hall–Kier alpha value is -1.49. The number of nitrogens with two attached hydrogens (primary N) is 1. The predicted molar refractivity (Wildman–Crippen MR) is 73.6 cm³/mol. The highest BCUT2D eigenvalue weighted by Gasteiger charge is 2.14. The highest BCUT2D eigenvalue weighted by molar-refractivity contribution is 9.10. The van der Waals surface area contributed by atoms with Crippen molar-refractivity contribution in [3.63, 3.8) is 0 Å². The van der Waals surface area contributed by atoms with E-state index in [0.29, 0.717) is 21.7 Å². The summed E-state index contributed by atoms with van der Waals surface area (Å²) in [5.74, 6) is 0.701. The van der Waals surface area contributed by atoms with Crippen molar-refractivity contribution >= 4 is 21.7 Å². The second-order valence-electron chi connectivity index (χ2n) is 4.30. The van der Waals surface area contributed by atoms with Gasteiger partial charge >= 0.3 is 0 Å². The molecule has 0 fully saturated rings. The van der Waals surface area contributed by atoms with E-state index in [-0.39, 0.29) is 11.7 Å². The summed E-state index contributed by atoms with van der Waals surface area (Å²) in [7, 11) is 0. The fourth-order valence-electron chi connectivity index (χ4n) is 1.62. The van der Waals surface area contributed by atoms with Gasteiger partial charge in [-0.2, -0.15) is 0 Å². The molecule has 2 N–H and O–H groups in total. The van der Waals surface area contributed by atoms with E-state index >= 15 is 0 Å². The smallest absolute Gasteiger partial charge is 0.161 e. The van der Waals surface area contributed by atoms with Crippen molar-refractivity contribution in [2.75, 3.05) is 5.73 Å². The van der Waals surface area contributed by atoms with Crippen LogP contribution in [0.2, 0.25) is 0 Å². The number of aromatic nitrogens is 2. The van der Waals surface area contributed by atoms with E-state index in [4.69, 9.17) is 5.73 Å². The minimum Gasteiger partial charge on any atom is -0.383 e. The van der Waals surface area contributed by atoms with Crippen molar-refractivity contribution in [3.8, 4) is 11.4 Å². The average Bonchev–Trinajstić information content (AvgIpc) is 2.32. The first kappa shape index (κ1) is 13.0. The molecule has 18 heavy (non-hydrogen) atoms. The minimum absolute atomic E-state index is 0.206. The van der Waals surface area contributed by atoms with Crippen molar-refractivity contribution in [2.24, 2.45) is 0 Å². The van der Waals surface area contributed by atoms with Gasteiger partial charge in [0.2, 0.25) is 0 Å². The van der Waals surface area contributed by atoms with Gasteiger partial charge in [-0.1, -0.05) is 26.0 Å². The van der Waals surface area contributed by atoms with Gasteiger partial charge in [0.15, 0.2) is 5.82 Å². The summed E-state index contributed by atoms with van der Waals surface area (Å²) in [5.41, 5.74) is 7.29. The molecule has 0 atom stereocenters. The topological polar surface area (TPSA) is 51.8 Å². The van der Waals surface area contributed by atoms with Gasteiger partial charge in [0.05, 0.1) is 10.2 Å². The SMILES string of the molecule is CC(C)c1nc(-c2cccc(F)c2)nc(N)c1Br. The molecule has 0 aliphatic carbocycles. The standard InChI is InChI=1S/C13H13BrFN3/c1-7(2)11-10(14)12(16)18-13(17-11)8-4-3-5-9(15)6-8/h3-7H,1-2H3,(H2,16,17,18). The highest BCUT2D eigenvalue weighted by atomic mass is 79.9. The molecule has 5 heteroatoms. The van der Waals surface area contributed by atoms with Crippen LogP contribution in [-0.4, -0.2) is 9.97 Å². The molecule has 0 amide bonds. The number of nitrogen functional groups attached to an aromatic ring is 1. The molecule has 0 unspecified atom stereocenters. The molecule has 94 valence electrons. The predicted octanol–water partition coefficient (Wildman–Crippen LogP) is 3.75. The monoisotopic (exact) mass is 309 g/mol. The third-order valence-electron chi connectivity index (χ3n) is 2.53. The molecule has 3 nitrogen and oxygen atoms in total.